The molecule has 0 spiro atoms. The number of hydrogen-bond acceptors (Lipinski definition) is 5. The summed E-state index contributed by atoms with van der Waals surface area (Å²) in [6.45, 7) is 0. The molecular formula is C58H36N4O2. The van der Waals surface area contributed by atoms with Crippen LogP contribution in [0.25, 0.3) is 99.1 Å². The van der Waals surface area contributed by atoms with Gasteiger partial charge >= 0.3 is 0 Å². The fourth-order valence-corrected chi connectivity index (χ4v) is 10.4. The molecule has 1 aliphatic carbocycles. The average Bonchev–Trinajstić information content (AvgIpc) is 4.13. The Morgan fingerprint density at radius 3 is 1.78 bits per heavy atom. The van der Waals surface area contributed by atoms with Crippen LogP contribution in [0, 0.1) is 0 Å². The number of amidine groups is 1. The van der Waals surface area contributed by atoms with E-state index in [0.29, 0.717) is 0 Å². The van der Waals surface area contributed by atoms with Crippen LogP contribution in [0.4, 0.5) is 0 Å². The van der Waals surface area contributed by atoms with Crippen molar-refractivity contribution in [2.24, 2.45) is 9.98 Å². The van der Waals surface area contributed by atoms with E-state index in [1.165, 1.54) is 33.0 Å². The summed E-state index contributed by atoms with van der Waals surface area (Å²) < 4.78 is 15.8. The summed E-state index contributed by atoms with van der Waals surface area (Å²) in [6.07, 6.45) is 0.374. The van der Waals surface area contributed by atoms with Crippen LogP contribution in [0.3, 0.4) is 0 Å². The van der Waals surface area contributed by atoms with E-state index in [0.717, 1.165) is 107 Å². The van der Waals surface area contributed by atoms with E-state index in [4.69, 9.17) is 18.8 Å². The number of rotatable bonds is 4. The zero-order valence-electron chi connectivity index (χ0n) is 34.4. The first-order valence-electron chi connectivity index (χ1n) is 21.8. The molecule has 300 valence electrons. The first-order chi connectivity index (χ1) is 31.7. The van der Waals surface area contributed by atoms with Gasteiger partial charge in [0.2, 0.25) is 5.96 Å². The number of furan rings is 2. The molecule has 2 aliphatic rings. The molecule has 1 atom stereocenters. The minimum absolute atomic E-state index is 0.526. The maximum atomic E-state index is 7.00. The molecule has 1 aliphatic heterocycles. The molecule has 12 aromatic rings. The Kier molecular flexibility index (Phi) is 7.42. The van der Waals surface area contributed by atoms with Gasteiger partial charge in [-0.05, 0) is 70.1 Å². The summed E-state index contributed by atoms with van der Waals surface area (Å²) in [7, 11) is 0. The number of nitrogens with one attached hydrogen (secondary N) is 1. The molecular weight excluding hydrogens is 785 g/mol. The van der Waals surface area contributed by atoms with Gasteiger partial charge in [-0.2, -0.15) is 0 Å². The first-order valence-corrected chi connectivity index (χ1v) is 21.8. The predicted octanol–water partition coefficient (Wildman–Crippen LogP) is 14.5. The van der Waals surface area contributed by atoms with Crippen LogP contribution in [0.2, 0.25) is 0 Å². The Bertz CT molecular complexity index is 3940. The lowest BCUT2D eigenvalue weighted by Gasteiger charge is -2.24. The predicted molar refractivity (Wildman–Crippen MR) is 261 cm³/mol. The van der Waals surface area contributed by atoms with Crippen molar-refractivity contribution in [2.45, 2.75) is 12.6 Å². The van der Waals surface area contributed by atoms with Gasteiger partial charge in [0.15, 0.2) is 6.17 Å². The van der Waals surface area contributed by atoms with Gasteiger partial charge in [0.05, 0.1) is 11.0 Å². The molecule has 6 heteroatoms. The van der Waals surface area contributed by atoms with Crippen molar-refractivity contribution < 1.29 is 8.83 Å². The lowest BCUT2D eigenvalue weighted by molar-refractivity contribution is 0.665. The largest absolute Gasteiger partial charge is 0.455 e. The van der Waals surface area contributed by atoms with Crippen molar-refractivity contribution in [3.8, 4) is 33.4 Å². The lowest BCUT2D eigenvalue weighted by Crippen LogP contribution is -2.39. The molecule has 14 rings (SSSR count). The van der Waals surface area contributed by atoms with Gasteiger partial charge in [-0.3, -0.25) is 4.57 Å². The molecule has 0 saturated carbocycles. The Morgan fingerprint density at radius 1 is 0.422 bits per heavy atom. The standard InChI is InChI=1S/C58H36N4O2/c1-2-16-39-34(13-1)32-38-33-37(29-30-40(38)39)57-59-56(60-58(61-57)62-50-26-6-3-17-42(50)43-18-4-7-27-51(43)62)36-15-9-14-35(31-36)41-20-10-22-46-48-24-12-25-49(55(48)64-53(41)46)47-23-11-21-45-44-19-5-8-28-52(44)63-54(45)47/h1-31,33,56H,32H2,(H,59,60,61). The Labute approximate surface area is 367 Å². The summed E-state index contributed by atoms with van der Waals surface area (Å²) in [4.78, 5) is 10.8. The van der Waals surface area contributed by atoms with Crippen molar-refractivity contribution >= 4 is 77.5 Å². The van der Waals surface area contributed by atoms with Crippen molar-refractivity contribution in [1.29, 1.82) is 0 Å². The minimum atomic E-state index is -0.526. The molecule has 64 heavy (non-hydrogen) atoms. The monoisotopic (exact) mass is 820 g/mol. The topological polar surface area (TPSA) is 68.0 Å². The van der Waals surface area contributed by atoms with Gasteiger partial charge in [0, 0.05) is 54.6 Å². The van der Waals surface area contributed by atoms with Crippen LogP contribution < -0.4 is 5.32 Å². The molecule has 0 amide bonds. The van der Waals surface area contributed by atoms with Crippen LogP contribution in [0.15, 0.2) is 213 Å². The van der Waals surface area contributed by atoms with Gasteiger partial charge in [0.1, 0.15) is 28.2 Å². The highest BCUT2D eigenvalue weighted by molar-refractivity contribution is 6.19. The van der Waals surface area contributed by atoms with Crippen LogP contribution in [-0.4, -0.2) is 16.4 Å². The number of benzene rings is 9. The number of aromatic nitrogens is 1. The molecule has 4 heterocycles. The molecule has 0 fully saturated rings. The number of para-hydroxylation sites is 6. The molecule has 0 bridgehead atoms. The quantitative estimate of drug-likeness (QED) is 0.192. The lowest BCUT2D eigenvalue weighted by atomic mass is 9.98. The van der Waals surface area contributed by atoms with E-state index < -0.39 is 6.17 Å². The number of hydrogen-bond donors (Lipinski definition) is 1. The number of fused-ring (bicyclic) bond motifs is 12. The second kappa shape index (κ2) is 13.5. The summed E-state index contributed by atoms with van der Waals surface area (Å²) in [5.74, 6) is 1.51. The van der Waals surface area contributed by atoms with Gasteiger partial charge in [-0.1, -0.05) is 164 Å². The molecule has 1 unspecified atom stereocenters. The van der Waals surface area contributed by atoms with Crippen molar-refractivity contribution in [1.82, 2.24) is 9.88 Å². The second-order valence-corrected chi connectivity index (χ2v) is 16.9. The highest BCUT2D eigenvalue weighted by Gasteiger charge is 2.26. The smallest absolute Gasteiger partial charge is 0.211 e. The maximum absolute atomic E-state index is 7.00. The maximum Gasteiger partial charge on any atom is 0.211 e. The van der Waals surface area contributed by atoms with E-state index in [1.54, 1.807) is 0 Å². The highest BCUT2D eigenvalue weighted by Crippen LogP contribution is 2.44. The minimum Gasteiger partial charge on any atom is -0.455 e. The first kappa shape index (κ1) is 35.2. The molecule has 3 aromatic heterocycles. The van der Waals surface area contributed by atoms with Crippen molar-refractivity contribution in [3.63, 3.8) is 0 Å². The summed E-state index contributed by atoms with van der Waals surface area (Å²) in [5, 5.41) is 10.4. The van der Waals surface area contributed by atoms with Gasteiger partial charge in [-0.25, -0.2) is 9.98 Å². The SMILES string of the molecule is c1cc(-c2cccc3c2oc2c(-c4cccc5c4oc4ccccc45)cccc23)cc(C2N=C(c3ccc4c(c3)Cc3ccccc3-4)NC(n3c4ccccc4c4ccccc43)=N2)c1. The fraction of sp³-hybridized carbons (Fsp3) is 0.0345. The van der Waals surface area contributed by atoms with E-state index >= 15 is 0 Å². The Hall–Kier alpha value is -8.48. The van der Waals surface area contributed by atoms with E-state index in [2.05, 4.69) is 192 Å². The third kappa shape index (κ3) is 5.20. The van der Waals surface area contributed by atoms with Gasteiger partial charge < -0.3 is 14.2 Å². The van der Waals surface area contributed by atoms with Crippen LogP contribution in [-0.2, 0) is 6.42 Å². The average molecular weight is 821 g/mol. The zero-order chi connectivity index (χ0) is 41.9. The molecule has 0 saturated heterocycles. The summed E-state index contributed by atoms with van der Waals surface area (Å²) >= 11 is 0. The van der Waals surface area contributed by atoms with Crippen molar-refractivity contribution in [3.05, 3.63) is 216 Å². The molecule has 9 aromatic carbocycles. The summed E-state index contributed by atoms with van der Waals surface area (Å²) in [5.41, 5.74) is 16.9. The molecule has 6 nitrogen and oxygen atoms in total. The third-order valence-corrected chi connectivity index (χ3v) is 13.3. The van der Waals surface area contributed by atoms with Crippen molar-refractivity contribution in [2.75, 3.05) is 0 Å². The Morgan fingerprint density at radius 2 is 1.00 bits per heavy atom. The Balaban J connectivity index is 0.917. The van der Waals surface area contributed by atoms with Crippen LogP contribution in [0.1, 0.15) is 28.4 Å². The van der Waals surface area contributed by atoms with Crippen LogP contribution in [0.5, 0.6) is 0 Å². The summed E-state index contributed by atoms with van der Waals surface area (Å²) in [6, 6.07) is 68.6. The second-order valence-electron chi connectivity index (χ2n) is 16.9. The molecule has 1 N–H and O–H groups in total. The van der Waals surface area contributed by atoms with Crippen LogP contribution >= 0.6 is 0 Å². The van der Waals surface area contributed by atoms with Gasteiger partial charge in [0.25, 0.3) is 0 Å². The zero-order valence-corrected chi connectivity index (χ0v) is 34.4. The highest BCUT2D eigenvalue weighted by atomic mass is 16.3. The normalized spacial score (nSPS) is 14.7. The fourth-order valence-electron chi connectivity index (χ4n) is 10.4. The third-order valence-electron chi connectivity index (χ3n) is 13.3. The van der Waals surface area contributed by atoms with E-state index in [9.17, 15) is 0 Å². The number of aliphatic imine (C=N–C) groups is 2. The van der Waals surface area contributed by atoms with E-state index in [1.807, 2.05) is 12.1 Å². The van der Waals surface area contributed by atoms with E-state index in [-0.39, 0.29) is 0 Å². The van der Waals surface area contributed by atoms with Gasteiger partial charge in [-0.15, -0.1) is 0 Å². The number of nitrogens with zero attached hydrogens (tertiary/aromatic N) is 3. The molecule has 0 radical (unpaired) electrons.